The van der Waals surface area contributed by atoms with Gasteiger partial charge in [0.05, 0.1) is 12.1 Å². The second kappa shape index (κ2) is 5.57. The number of hydrogen-bond donors (Lipinski definition) is 2. The number of aliphatic hydroxyl groups is 1. The molecule has 0 aromatic rings. The van der Waals surface area contributed by atoms with Crippen LogP contribution in [0.15, 0.2) is 0 Å². The van der Waals surface area contributed by atoms with Crippen LogP contribution in [-0.4, -0.2) is 23.2 Å². The van der Waals surface area contributed by atoms with E-state index < -0.39 is 5.54 Å². The summed E-state index contributed by atoms with van der Waals surface area (Å²) in [6.45, 7) is 4.14. The third-order valence-electron chi connectivity index (χ3n) is 6.76. The molecule has 4 aliphatic rings. The SMILES string of the molecule is CCC(CC)(CO)NC(=O)CC12CC3CC(CC(C3)C1)C2. The van der Waals surface area contributed by atoms with Gasteiger partial charge in [0.1, 0.15) is 0 Å². The smallest absolute Gasteiger partial charge is 0.221 e. The average Bonchev–Trinajstić information content (AvgIpc) is 2.43. The Morgan fingerprint density at radius 3 is 1.95 bits per heavy atom. The lowest BCUT2D eigenvalue weighted by Crippen LogP contribution is -2.53. The maximum Gasteiger partial charge on any atom is 0.221 e. The van der Waals surface area contributed by atoms with Crippen LogP contribution in [0.5, 0.6) is 0 Å². The Morgan fingerprint density at radius 2 is 1.57 bits per heavy atom. The predicted octanol–water partition coefficient (Wildman–Crippen LogP) is 3.26. The molecule has 4 fully saturated rings. The van der Waals surface area contributed by atoms with Crippen molar-refractivity contribution in [2.75, 3.05) is 6.61 Å². The van der Waals surface area contributed by atoms with Gasteiger partial charge in [-0.3, -0.25) is 4.79 Å². The van der Waals surface area contributed by atoms with Crippen molar-refractivity contribution in [3.05, 3.63) is 0 Å². The predicted molar refractivity (Wildman–Crippen MR) is 83.8 cm³/mol. The van der Waals surface area contributed by atoms with Gasteiger partial charge in [-0.1, -0.05) is 13.8 Å². The summed E-state index contributed by atoms with van der Waals surface area (Å²) in [6.07, 6.45) is 10.4. The van der Waals surface area contributed by atoms with Crippen molar-refractivity contribution in [2.45, 2.75) is 77.2 Å². The minimum atomic E-state index is -0.403. The quantitative estimate of drug-likeness (QED) is 0.789. The van der Waals surface area contributed by atoms with Crippen molar-refractivity contribution < 1.29 is 9.90 Å². The van der Waals surface area contributed by atoms with E-state index in [9.17, 15) is 9.90 Å². The fourth-order valence-corrected chi connectivity index (χ4v) is 5.88. The molecule has 0 spiro atoms. The van der Waals surface area contributed by atoms with Crippen LogP contribution < -0.4 is 5.32 Å². The first-order valence-electron chi connectivity index (χ1n) is 8.94. The molecule has 0 aromatic heterocycles. The molecule has 3 nitrogen and oxygen atoms in total. The molecular weight excluding hydrogens is 262 g/mol. The number of carbonyl (C=O) groups excluding carboxylic acids is 1. The van der Waals surface area contributed by atoms with Gasteiger partial charge in [0.25, 0.3) is 0 Å². The summed E-state index contributed by atoms with van der Waals surface area (Å²) in [6, 6.07) is 0. The van der Waals surface area contributed by atoms with Crippen molar-refractivity contribution in [3.63, 3.8) is 0 Å². The van der Waals surface area contributed by atoms with Crippen LogP contribution in [0.4, 0.5) is 0 Å². The minimum Gasteiger partial charge on any atom is -0.394 e. The molecule has 0 atom stereocenters. The number of amides is 1. The van der Waals surface area contributed by atoms with E-state index in [1.807, 2.05) is 13.8 Å². The topological polar surface area (TPSA) is 49.3 Å². The van der Waals surface area contributed by atoms with E-state index in [-0.39, 0.29) is 12.5 Å². The molecule has 0 unspecified atom stereocenters. The first-order chi connectivity index (χ1) is 10.0. The van der Waals surface area contributed by atoms with Crippen LogP contribution in [-0.2, 0) is 4.79 Å². The van der Waals surface area contributed by atoms with Gasteiger partial charge in [-0.05, 0) is 74.5 Å². The zero-order chi connectivity index (χ0) is 15.1. The highest BCUT2D eigenvalue weighted by atomic mass is 16.3. The van der Waals surface area contributed by atoms with Gasteiger partial charge in [0.15, 0.2) is 0 Å². The maximum absolute atomic E-state index is 12.6. The van der Waals surface area contributed by atoms with Crippen LogP contribution in [0.3, 0.4) is 0 Å². The van der Waals surface area contributed by atoms with Gasteiger partial charge in [0.2, 0.25) is 5.91 Å². The molecule has 1 amide bonds. The second-order valence-corrected chi connectivity index (χ2v) is 8.29. The highest BCUT2D eigenvalue weighted by Crippen LogP contribution is 2.61. The third-order valence-corrected chi connectivity index (χ3v) is 6.76. The Balaban J connectivity index is 1.65. The zero-order valence-electron chi connectivity index (χ0n) is 13.7. The normalized spacial score (nSPS) is 37.8. The number of hydrogen-bond acceptors (Lipinski definition) is 2. The van der Waals surface area contributed by atoms with E-state index in [0.29, 0.717) is 11.8 Å². The van der Waals surface area contributed by atoms with Crippen LogP contribution >= 0.6 is 0 Å². The van der Waals surface area contributed by atoms with E-state index in [2.05, 4.69) is 5.32 Å². The van der Waals surface area contributed by atoms with Crippen LogP contribution in [0, 0.1) is 23.2 Å². The van der Waals surface area contributed by atoms with Gasteiger partial charge in [-0.25, -0.2) is 0 Å². The Labute approximate surface area is 128 Å². The van der Waals surface area contributed by atoms with E-state index in [1.165, 1.54) is 38.5 Å². The standard InChI is InChI=1S/C18H31NO2/c1-3-18(4-2,12-20)19-16(21)11-17-8-13-5-14(9-17)7-15(6-13)10-17/h13-15,20H,3-12H2,1-2H3,(H,19,21). The molecule has 0 radical (unpaired) electrons. The van der Waals surface area contributed by atoms with E-state index in [1.54, 1.807) is 0 Å². The Kier molecular flexibility index (Phi) is 4.06. The highest BCUT2D eigenvalue weighted by Gasteiger charge is 2.51. The highest BCUT2D eigenvalue weighted by molar-refractivity contribution is 5.77. The summed E-state index contributed by atoms with van der Waals surface area (Å²) in [7, 11) is 0. The zero-order valence-corrected chi connectivity index (χ0v) is 13.7. The van der Waals surface area contributed by atoms with Crippen molar-refractivity contribution >= 4 is 5.91 Å². The third kappa shape index (κ3) is 2.86. The first kappa shape index (κ1) is 15.3. The molecule has 4 rings (SSSR count). The molecule has 2 N–H and O–H groups in total. The van der Waals surface area contributed by atoms with E-state index in [4.69, 9.17) is 0 Å². The van der Waals surface area contributed by atoms with Crippen molar-refractivity contribution in [2.24, 2.45) is 23.2 Å². The average molecular weight is 293 g/mol. The lowest BCUT2D eigenvalue weighted by atomic mass is 9.49. The fourth-order valence-electron chi connectivity index (χ4n) is 5.88. The van der Waals surface area contributed by atoms with Gasteiger partial charge in [-0.2, -0.15) is 0 Å². The lowest BCUT2D eigenvalue weighted by molar-refractivity contribution is -0.132. The van der Waals surface area contributed by atoms with Crippen LogP contribution in [0.25, 0.3) is 0 Å². The Bertz CT molecular complexity index is 356. The maximum atomic E-state index is 12.6. The summed E-state index contributed by atoms with van der Waals surface area (Å²) in [4.78, 5) is 12.6. The Hall–Kier alpha value is -0.570. The van der Waals surface area contributed by atoms with Crippen molar-refractivity contribution in [1.29, 1.82) is 0 Å². The number of rotatable bonds is 6. The lowest BCUT2D eigenvalue weighted by Gasteiger charge is -2.56. The van der Waals surface area contributed by atoms with Gasteiger partial charge in [-0.15, -0.1) is 0 Å². The molecule has 0 aromatic carbocycles. The van der Waals surface area contributed by atoms with Crippen LogP contribution in [0.2, 0.25) is 0 Å². The molecular formula is C18H31NO2. The van der Waals surface area contributed by atoms with Crippen molar-refractivity contribution in [3.8, 4) is 0 Å². The van der Waals surface area contributed by atoms with Crippen molar-refractivity contribution in [1.82, 2.24) is 5.32 Å². The monoisotopic (exact) mass is 293 g/mol. The summed E-state index contributed by atoms with van der Waals surface area (Å²) in [5, 5.41) is 12.8. The number of aliphatic hydroxyl groups excluding tert-OH is 1. The summed E-state index contributed by atoms with van der Waals surface area (Å²) < 4.78 is 0. The summed E-state index contributed by atoms with van der Waals surface area (Å²) >= 11 is 0. The van der Waals surface area contributed by atoms with Gasteiger partial charge < -0.3 is 10.4 Å². The molecule has 4 bridgehead atoms. The van der Waals surface area contributed by atoms with Crippen LogP contribution in [0.1, 0.15) is 71.6 Å². The molecule has 21 heavy (non-hydrogen) atoms. The molecule has 0 heterocycles. The minimum absolute atomic E-state index is 0.0482. The van der Waals surface area contributed by atoms with Gasteiger partial charge in [0, 0.05) is 6.42 Å². The Morgan fingerprint density at radius 1 is 1.10 bits per heavy atom. The molecule has 120 valence electrons. The summed E-state index contributed by atoms with van der Waals surface area (Å²) in [5.41, 5.74) is -0.110. The molecule has 4 aliphatic carbocycles. The van der Waals surface area contributed by atoms with E-state index >= 15 is 0 Å². The number of carbonyl (C=O) groups is 1. The second-order valence-electron chi connectivity index (χ2n) is 8.29. The van der Waals surface area contributed by atoms with E-state index in [0.717, 1.165) is 30.6 Å². The van der Waals surface area contributed by atoms with Gasteiger partial charge >= 0.3 is 0 Å². The molecule has 3 heteroatoms. The first-order valence-corrected chi connectivity index (χ1v) is 8.94. The summed E-state index contributed by atoms with van der Waals surface area (Å²) in [5.74, 6) is 2.85. The molecule has 4 saturated carbocycles. The fraction of sp³-hybridized carbons (Fsp3) is 0.944. The molecule has 0 saturated heterocycles. The number of nitrogens with one attached hydrogen (secondary N) is 1. The molecule has 0 aliphatic heterocycles. The largest absolute Gasteiger partial charge is 0.394 e.